The van der Waals surface area contributed by atoms with Gasteiger partial charge in [0.05, 0.1) is 12.8 Å². The summed E-state index contributed by atoms with van der Waals surface area (Å²) in [7, 11) is -3.39. The molecule has 0 unspecified atom stereocenters. The second kappa shape index (κ2) is 7.56. The lowest BCUT2D eigenvalue weighted by Crippen LogP contribution is -2.44. The number of hydrogen-bond acceptors (Lipinski definition) is 3. The highest BCUT2D eigenvalue weighted by atomic mass is 32.2. The first-order valence-electron chi connectivity index (χ1n) is 7.06. The summed E-state index contributed by atoms with van der Waals surface area (Å²) in [6.45, 7) is 6.45. The molecule has 0 spiro atoms. The van der Waals surface area contributed by atoms with Gasteiger partial charge >= 0.3 is 0 Å². The van der Waals surface area contributed by atoms with E-state index in [4.69, 9.17) is 0 Å². The van der Waals surface area contributed by atoms with Crippen LogP contribution in [-0.4, -0.2) is 44.5 Å². The Balaban J connectivity index is 2.90. The van der Waals surface area contributed by atoms with E-state index in [-0.39, 0.29) is 18.4 Å². The standard InChI is InChI=1S/C15H24N2O3S/c1-5-17(14-9-7-6-8-10-14)15(18)12-16(11-13(2)3)21(4,19)20/h6-10,13H,5,11-12H2,1-4H3. The topological polar surface area (TPSA) is 57.7 Å². The molecule has 0 heterocycles. The Kier molecular flexibility index (Phi) is 6.36. The predicted octanol–water partition coefficient (Wildman–Crippen LogP) is 1.96. The van der Waals surface area contributed by atoms with E-state index in [1.807, 2.05) is 51.1 Å². The lowest BCUT2D eigenvalue weighted by Gasteiger charge is -2.26. The van der Waals surface area contributed by atoms with Crippen LogP contribution >= 0.6 is 0 Å². The Labute approximate surface area is 127 Å². The third kappa shape index (κ3) is 5.47. The third-order valence-electron chi connectivity index (χ3n) is 3.03. The molecule has 0 aliphatic heterocycles. The highest BCUT2D eigenvalue weighted by Crippen LogP contribution is 2.14. The monoisotopic (exact) mass is 312 g/mol. The van der Waals surface area contributed by atoms with Gasteiger partial charge in [-0.3, -0.25) is 4.79 Å². The zero-order valence-corrected chi connectivity index (χ0v) is 13.9. The summed E-state index contributed by atoms with van der Waals surface area (Å²) in [6, 6.07) is 9.27. The van der Waals surface area contributed by atoms with Gasteiger partial charge in [0, 0.05) is 18.8 Å². The number of para-hydroxylation sites is 1. The molecular weight excluding hydrogens is 288 g/mol. The van der Waals surface area contributed by atoms with Crippen LogP contribution in [0.25, 0.3) is 0 Å². The lowest BCUT2D eigenvalue weighted by molar-refractivity contribution is -0.118. The fraction of sp³-hybridized carbons (Fsp3) is 0.533. The van der Waals surface area contributed by atoms with E-state index in [0.717, 1.165) is 11.9 Å². The van der Waals surface area contributed by atoms with E-state index in [2.05, 4.69) is 0 Å². The van der Waals surface area contributed by atoms with Crippen molar-refractivity contribution in [2.75, 3.05) is 30.8 Å². The molecular formula is C15H24N2O3S. The van der Waals surface area contributed by atoms with Crippen molar-refractivity contribution >= 4 is 21.6 Å². The molecule has 5 nitrogen and oxygen atoms in total. The minimum atomic E-state index is -3.39. The number of rotatable bonds is 7. The van der Waals surface area contributed by atoms with E-state index < -0.39 is 10.0 Å². The van der Waals surface area contributed by atoms with Crippen LogP contribution < -0.4 is 4.90 Å². The van der Waals surface area contributed by atoms with Crippen molar-refractivity contribution in [3.63, 3.8) is 0 Å². The highest BCUT2D eigenvalue weighted by Gasteiger charge is 2.24. The van der Waals surface area contributed by atoms with Gasteiger partial charge in [-0.05, 0) is 25.0 Å². The average Bonchev–Trinajstić information content (AvgIpc) is 2.38. The van der Waals surface area contributed by atoms with Gasteiger partial charge in [-0.15, -0.1) is 0 Å². The number of benzene rings is 1. The lowest BCUT2D eigenvalue weighted by atomic mass is 10.2. The average molecular weight is 312 g/mol. The van der Waals surface area contributed by atoms with Gasteiger partial charge in [0.2, 0.25) is 15.9 Å². The minimum absolute atomic E-state index is 0.125. The van der Waals surface area contributed by atoms with E-state index in [0.29, 0.717) is 13.1 Å². The molecule has 0 N–H and O–H groups in total. The molecule has 0 aliphatic rings. The van der Waals surface area contributed by atoms with E-state index >= 15 is 0 Å². The van der Waals surface area contributed by atoms with Crippen LogP contribution in [0.2, 0.25) is 0 Å². The van der Waals surface area contributed by atoms with Gasteiger partial charge in [0.25, 0.3) is 0 Å². The Morgan fingerprint density at radius 3 is 2.19 bits per heavy atom. The van der Waals surface area contributed by atoms with E-state index in [9.17, 15) is 13.2 Å². The number of carbonyl (C=O) groups is 1. The number of hydrogen-bond donors (Lipinski definition) is 0. The maximum Gasteiger partial charge on any atom is 0.242 e. The molecule has 1 amide bonds. The molecule has 0 saturated carbocycles. The molecule has 6 heteroatoms. The fourth-order valence-electron chi connectivity index (χ4n) is 2.07. The number of carbonyl (C=O) groups excluding carboxylic acids is 1. The summed E-state index contributed by atoms with van der Waals surface area (Å²) in [5.74, 6) is -0.0471. The summed E-state index contributed by atoms with van der Waals surface area (Å²) >= 11 is 0. The largest absolute Gasteiger partial charge is 0.312 e. The first-order chi connectivity index (χ1) is 9.75. The Morgan fingerprint density at radius 2 is 1.76 bits per heavy atom. The smallest absolute Gasteiger partial charge is 0.242 e. The van der Waals surface area contributed by atoms with Gasteiger partial charge < -0.3 is 4.90 Å². The van der Waals surface area contributed by atoms with E-state index in [1.165, 1.54) is 4.31 Å². The number of sulfonamides is 1. The normalized spacial score (nSPS) is 11.9. The summed E-state index contributed by atoms with van der Waals surface area (Å²) < 4.78 is 24.9. The van der Waals surface area contributed by atoms with Crippen LogP contribution in [0, 0.1) is 5.92 Å². The number of likely N-dealkylation sites (N-methyl/N-ethyl adjacent to an activating group) is 1. The number of nitrogens with zero attached hydrogens (tertiary/aromatic N) is 2. The third-order valence-corrected chi connectivity index (χ3v) is 4.25. The molecule has 0 saturated heterocycles. The molecule has 1 rings (SSSR count). The Morgan fingerprint density at radius 1 is 1.19 bits per heavy atom. The van der Waals surface area contributed by atoms with Gasteiger partial charge in [0.15, 0.2) is 0 Å². The first-order valence-corrected chi connectivity index (χ1v) is 8.91. The van der Waals surface area contributed by atoms with Crippen LogP contribution in [0.15, 0.2) is 30.3 Å². The first kappa shape index (κ1) is 17.7. The van der Waals surface area contributed by atoms with Crippen molar-refractivity contribution in [2.45, 2.75) is 20.8 Å². The van der Waals surface area contributed by atoms with Crippen molar-refractivity contribution < 1.29 is 13.2 Å². The second-order valence-corrected chi connectivity index (χ2v) is 7.41. The second-order valence-electron chi connectivity index (χ2n) is 5.42. The number of anilines is 1. The molecule has 1 aromatic rings. The minimum Gasteiger partial charge on any atom is -0.312 e. The Hall–Kier alpha value is -1.40. The summed E-state index contributed by atoms with van der Waals surface area (Å²) in [6.07, 6.45) is 1.14. The van der Waals surface area contributed by atoms with Crippen molar-refractivity contribution in [1.29, 1.82) is 0 Å². The maximum absolute atomic E-state index is 12.4. The van der Waals surface area contributed by atoms with Gasteiger partial charge in [-0.25, -0.2) is 8.42 Å². The summed E-state index contributed by atoms with van der Waals surface area (Å²) in [4.78, 5) is 14.0. The van der Waals surface area contributed by atoms with Crippen LogP contribution in [-0.2, 0) is 14.8 Å². The molecule has 0 fully saturated rings. The maximum atomic E-state index is 12.4. The molecule has 0 aliphatic carbocycles. The zero-order chi connectivity index (χ0) is 16.0. The molecule has 0 atom stereocenters. The molecule has 0 bridgehead atoms. The van der Waals surface area contributed by atoms with Crippen LogP contribution in [0.4, 0.5) is 5.69 Å². The van der Waals surface area contributed by atoms with Crippen molar-refractivity contribution in [1.82, 2.24) is 4.31 Å². The summed E-state index contributed by atoms with van der Waals surface area (Å²) in [5, 5.41) is 0. The van der Waals surface area contributed by atoms with Gasteiger partial charge in [0.1, 0.15) is 0 Å². The van der Waals surface area contributed by atoms with Gasteiger partial charge in [-0.2, -0.15) is 4.31 Å². The van der Waals surface area contributed by atoms with Gasteiger partial charge in [-0.1, -0.05) is 32.0 Å². The van der Waals surface area contributed by atoms with E-state index in [1.54, 1.807) is 4.90 Å². The molecule has 0 radical (unpaired) electrons. The summed E-state index contributed by atoms with van der Waals surface area (Å²) in [5.41, 5.74) is 0.781. The van der Waals surface area contributed by atoms with Crippen molar-refractivity contribution in [2.24, 2.45) is 5.92 Å². The van der Waals surface area contributed by atoms with Crippen LogP contribution in [0.1, 0.15) is 20.8 Å². The molecule has 0 aromatic heterocycles. The van der Waals surface area contributed by atoms with Crippen LogP contribution in [0.5, 0.6) is 0 Å². The van der Waals surface area contributed by atoms with Crippen LogP contribution in [0.3, 0.4) is 0 Å². The quantitative estimate of drug-likeness (QED) is 0.773. The SMILES string of the molecule is CCN(C(=O)CN(CC(C)C)S(C)(=O)=O)c1ccccc1. The molecule has 1 aromatic carbocycles. The highest BCUT2D eigenvalue weighted by molar-refractivity contribution is 7.88. The zero-order valence-electron chi connectivity index (χ0n) is 13.1. The van der Waals surface area contributed by atoms with Crippen molar-refractivity contribution in [3.05, 3.63) is 30.3 Å². The molecule has 118 valence electrons. The fourth-order valence-corrected chi connectivity index (χ4v) is 2.99. The molecule has 21 heavy (non-hydrogen) atoms. The predicted molar refractivity (Wildman–Crippen MR) is 85.7 cm³/mol. The Bertz CT molecular complexity index is 556. The number of amides is 1. The van der Waals surface area contributed by atoms with Crippen molar-refractivity contribution in [3.8, 4) is 0 Å².